The lowest BCUT2D eigenvalue weighted by Crippen LogP contribution is -2.29. The van der Waals surface area contributed by atoms with Gasteiger partial charge in [0.2, 0.25) is 11.9 Å². The molecule has 0 radical (unpaired) electrons. The minimum atomic E-state index is -0.320. The van der Waals surface area contributed by atoms with Crippen molar-refractivity contribution in [3.05, 3.63) is 36.3 Å². The number of likely N-dealkylation sites (N-methyl/N-ethyl adjacent to an activating group) is 1. The van der Waals surface area contributed by atoms with E-state index in [2.05, 4.69) is 25.6 Å². The van der Waals surface area contributed by atoms with Crippen molar-refractivity contribution in [1.82, 2.24) is 19.9 Å². The average Bonchev–Trinajstić information content (AvgIpc) is 3.47. The highest BCUT2D eigenvalue weighted by Gasteiger charge is 2.34. The quantitative estimate of drug-likeness (QED) is 0.710. The molecule has 1 saturated heterocycles. The number of aromatic nitrogens is 3. The van der Waals surface area contributed by atoms with Crippen molar-refractivity contribution in [2.45, 2.75) is 50.1 Å². The van der Waals surface area contributed by atoms with Gasteiger partial charge >= 0.3 is 6.03 Å². The molecule has 3 fully saturated rings. The molecule has 2 aromatic rings. The fourth-order valence-corrected chi connectivity index (χ4v) is 4.10. The highest BCUT2D eigenvalue weighted by atomic mass is 16.2. The van der Waals surface area contributed by atoms with Gasteiger partial charge < -0.3 is 10.6 Å². The van der Waals surface area contributed by atoms with Crippen LogP contribution in [0.15, 0.2) is 30.7 Å². The monoisotopic (exact) mass is 407 g/mol. The SMILES string of the molecule is CN1C(=O)CN(c2ccc(N[C@H]3CC[C@H](Nc4ncc(C5CC5)cn4)C3)nc2)C1=O. The fourth-order valence-electron chi connectivity index (χ4n) is 4.10. The number of carbonyl (C=O) groups is 2. The van der Waals surface area contributed by atoms with E-state index in [4.69, 9.17) is 0 Å². The Bertz CT molecular complexity index is 943. The minimum absolute atomic E-state index is 0.0590. The van der Waals surface area contributed by atoms with Crippen molar-refractivity contribution in [1.29, 1.82) is 0 Å². The van der Waals surface area contributed by atoms with E-state index in [0.29, 0.717) is 29.6 Å². The highest BCUT2D eigenvalue weighted by Crippen LogP contribution is 2.39. The molecular formula is C21H25N7O2. The summed E-state index contributed by atoms with van der Waals surface area (Å²) in [5.74, 6) is 1.92. The number of urea groups is 1. The minimum Gasteiger partial charge on any atom is -0.367 e. The van der Waals surface area contributed by atoms with E-state index in [0.717, 1.165) is 30.0 Å². The van der Waals surface area contributed by atoms with Gasteiger partial charge in [0.25, 0.3) is 0 Å². The molecule has 0 bridgehead atoms. The summed E-state index contributed by atoms with van der Waals surface area (Å²) in [5, 5.41) is 6.90. The molecule has 9 nitrogen and oxygen atoms in total. The van der Waals surface area contributed by atoms with Crippen LogP contribution in [0.2, 0.25) is 0 Å². The van der Waals surface area contributed by atoms with Crippen molar-refractivity contribution in [2.75, 3.05) is 29.1 Å². The van der Waals surface area contributed by atoms with E-state index in [1.807, 2.05) is 24.5 Å². The van der Waals surface area contributed by atoms with Crippen molar-refractivity contribution >= 4 is 29.4 Å². The zero-order valence-corrected chi connectivity index (χ0v) is 16.9. The molecule has 5 rings (SSSR count). The second kappa shape index (κ2) is 7.55. The van der Waals surface area contributed by atoms with Crippen LogP contribution in [-0.4, -0.2) is 57.5 Å². The molecule has 3 aliphatic rings. The standard InChI is InChI=1S/C21H25N7O2/c1-27-19(29)12-28(21(27)30)17-6-7-18(22-11-17)25-15-4-5-16(8-15)26-20-23-9-14(10-24-20)13-2-3-13/h6-7,9-11,13,15-16H,2-5,8,12H2,1H3,(H,22,25)(H,23,24,26)/t15-,16-/m0/s1. The van der Waals surface area contributed by atoms with E-state index in [9.17, 15) is 9.59 Å². The Hall–Kier alpha value is -3.23. The summed E-state index contributed by atoms with van der Waals surface area (Å²) in [4.78, 5) is 39.7. The number of hydrogen-bond acceptors (Lipinski definition) is 7. The number of nitrogens with one attached hydrogen (secondary N) is 2. The van der Waals surface area contributed by atoms with E-state index in [1.54, 1.807) is 6.20 Å². The molecule has 156 valence electrons. The summed E-state index contributed by atoms with van der Waals surface area (Å²) in [6.45, 7) is 0.0590. The number of imide groups is 1. The molecule has 1 aliphatic heterocycles. The zero-order chi connectivity index (χ0) is 20.7. The molecule has 0 aromatic carbocycles. The second-order valence-electron chi connectivity index (χ2n) is 8.33. The van der Waals surface area contributed by atoms with Gasteiger partial charge in [0.15, 0.2) is 0 Å². The van der Waals surface area contributed by atoms with Crippen molar-refractivity contribution < 1.29 is 9.59 Å². The Morgan fingerprint density at radius 2 is 1.67 bits per heavy atom. The molecule has 9 heteroatoms. The summed E-state index contributed by atoms with van der Waals surface area (Å²) >= 11 is 0. The van der Waals surface area contributed by atoms with Gasteiger partial charge in [0.1, 0.15) is 12.4 Å². The number of carbonyl (C=O) groups excluding carboxylic acids is 2. The first-order valence-electron chi connectivity index (χ1n) is 10.5. The maximum Gasteiger partial charge on any atom is 0.331 e. The number of amides is 3. The molecule has 2 saturated carbocycles. The van der Waals surface area contributed by atoms with Crippen LogP contribution in [0.3, 0.4) is 0 Å². The first-order chi connectivity index (χ1) is 14.6. The van der Waals surface area contributed by atoms with E-state index in [1.165, 1.54) is 30.4 Å². The molecular weight excluding hydrogens is 382 g/mol. The topological polar surface area (TPSA) is 103 Å². The first kappa shape index (κ1) is 18.8. The third kappa shape index (κ3) is 3.79. The maximum atomic E-state index is 12.1. The highest BCUT2D eigenvalue weighted by molar-refractivity contribution is 6.11. The van der Waals surface area contributed by atoms with Crippen LogP contribution >= 0.6 is 0 Å². The predicted molar refractivity (Wildman–Crippen MR) is 112 cm³/mol. The lowest BCUT2D eigenvalue weighted by molar-refractivity contribution is -0.123. The Labute approximate surface area is 174 Å². The molecule has 2 aliphatic carbocycles. The van der Waals surface area contributed by atoms with Gasteiger partial charge in [-0.2, -0.15) is 0 Å². The number of nitrogens with zero attached hydrogens (tertiary/aromatic N) is 5. The Balaban J connectivity index is 1.14. The van der Waals surface area contributed by atoms with Gasteiger partial charge in [0.05, 0.1) is 11.9 Å². The molecule has 3 amide bonds. The Morgan fingerprint density at radius 1 is 0.933 bits per heavy atom. The van der Waals surface area contributed by atoms with Gasteiger partial charge in [-0.3, -0.25) is 14.6 Å². The Kier molecular flexibility index (Phi) is 4.72. The Morgan fingerprint density at radius 3 is 2.27 bits per heavy atom. The van der Waals surface area contributed by atoms with Crippen LogP contribution in [0.1, 0.15) is 43.6 Å². The molecule has 0 unspecified atom stereocenters. The molecule has 0 spiro atoms. The van der Waals surface area contributed by atoms with Crippen LogP contribution in [0.25, 0.3) is 0 Å². The van der Waals surface area contributed by atoms with Crippen molar-refractivity contribution in [3.8, 4) is 0 Å². The van der Waals surface area contributed by atoms with Crippen LogP contribution < -0.4 is 15.5 Å². The molecule has 2 atom stereocenters. The van der Waals surface area contributed by atoms with Gasteiger partial charge in [-0.25, -0.2) is 19.7 Å². The summed E-state index contributed by atoms with van der Waals surface area (Å²) in [6.07, 6.45) is 11.1. The van der Waals surface area contributed by atoms with Crippen LogP contribution in [0, 0.1) is 0 Å². The lowest BCUT2D eigenvalue weighted by Gasteiger charge is -2.17. The van der Waals surface area contributed by atoms with Gasteiger partial charge in [-0.1, -0.05) is 0 Å². The number of pyridine rings is 1. The van der Waals surface area contributed by atoms with Gasteiger partial charge in [0, 0.05) is 31.5 Å². The lowest BCUT2D eigenvalue weighted by atomic mass is 10.2. The van der Waals surface area contributed by atoms with Crippen molar-refractivity contribution in [2.24, 2.45) is 0 Å². The van der Waals surface area contributed by atoms with E-state index >= 15 is 0 Å². The van der Waals surface area contributed by atoms with Crippen molar-refractivity contribution in [3.63, 3.8) is 0 Å². The second-order valence-corrected chi connectivity index (χ2v) is 8.33. The number of anilines is 3. The third-order valence-electron chi connectivity index (χ3n) is 6.08. The fraction of sp³-hybridized carbons (Fsp3) is 0.476. The zero-order valence-electron chi connectivity index (χ0n) is 16.9. The smallest absolute Gasteiger partial charge is 0.331 e. The molecule has 3 heterocycles. The molecule has 30 heavy (non-hydrogen) atoms. The average molecular weight is 407 g/mol. The summed E-state index contributed by atoms with van der Waals surface area (Å²) in [6, 6.07) is 4.00. The molecule has 2 N–H and O–H groups in total. The summed E-state index contributed by atoms with van der Waals surface area (Å²) in [5.41, 5.74) is 1.87. The van der Waals surface area contributed by atoms with Gasteiger partial charge in [-0.05, 0) is 55.7 Å². The van der Waals surface area contributed by atoms with Crippen LogP contribution in [0.4, 0.5) is 22.2 Å². The predicted octanol–water partition coefficient (Wildman–Crippen LogP) is 2.59. The maximum absolute atomic E-state index is 12.1. The van der Waals surface area contributed by atoms with Gasteiger partial charge in [-0.15, -0.1) is 0 Å². The molecule has 2 aromatic heterocycles. The van der Waals surface area contributed by atoms with Crippen LogP contribution in [-0.2, 0) is 4.79 Å². The number of hydrogen-bond donors (Lipinski definition) is 2. The number of rotatable bonds is 6. The van der Waals surface area contributed by atoms with E-state index in [-0.39, 0.29) is 18.5 Å². The van der Waals surface area contributed by atoms with Crippen LogP contribution in [0.5, 0.6) is 0 Å². The normalized spacial score (nSPS) is 23.9. The summed E-state index contributed by atoms with van der Waals surface area (Å²) < 4.78 is 0. The largest absolute Gasteiger partial charge is 0.367 e. The van der Waals surface area contributed by atoms with E-state index < -0.39 is 0 Å². The summed E-state index contributed by atoms with van der Waals surface area (Å²) in [7, 11) is 1.49. The first-order valence-corrected chi connectivity index (χ1v) is 10.5. The third-order valence-corrected chi connectivity index (χ3v) is 6.08.